The van der Waals surface area contributed by atoms with Crippen LogP contribution in [0, 0.1) is 13.8 Å². The molecule has 39 heavy (non-hydrogen) atoms. The maximum absolute atomic E-state index is 13.9. The third kappa shape index (κ3) is 3.71. The van der Waals surface area contributed by atoms with Crippen molar-refractivity contribution in [2.75, 3.05) is 36.4 Å². The van der Waals surface area contributed by atoms with Crippen LogP contribution in [0.5, 0.6) is 0 Å². The van der Waals surface area contributed by atoms with E-state index in [0.717, 1.165) is 33.5 Å². The van der Waals surface area contributed by atoms with Gasteiger partial charge in [0, 0.05) is 43.0 Å². The van der Waals surface area contributed by atoms with E-state index in [9.17, 15) is 9.59 Å². The molecule has 2 aromatic heterocycles. The first kappa shape index (κ1) is 23.3. The minimum atomic E-state index is -0.113. The Balaban J connectivity index is 1.33. The largest absolute Gasteiger partial charge is 0.459 e. The van der Waals surface area contributed by atoms with Crippen LogP contribution in [0.3, 0.4) is 0 Å². The number of hydrogen-bond acceptors (Lipinski definition) is 7. The Labute approximate surface area is 224 Å². The molecule has 1 aliphatic heterocycles. The van der Waals surface area contributed by atoms with Crippen molar-refractivity contribution in [2.24, 2.45) is 0 Å². The van der Waals surface area contributed by atoms with Crippen LogP contribution in [-0.4, -0.2) is 47.9 Å². The first-order valence-electron chi connectivity index (χ1n) is 13.0. The first-order valence-corrected chi connectivity index (χ1v) is 13.0. The van der Waals surface area contributed by atoms with Crippen molar-refractivity contribution in [3.05, 3.63) is 94.9 Å². The number of aromatic nitrogens is 1. The van der Waals surface area contributed by atoms with Crippen LogP contribution in [0.1, 0.15) is 37.6 Å². The van der Waals surface area contributed by atoms with Crippen molar-refractivity contribution in [1.82, 2.24) is 10.1 Å². The molecule has 2 aliphatic rings. The molecule has 0 bridgehead atoms. The molecule has 0 radical (unpaired) electrons. The highest BCUT2D eigenvalue weighted by Crippen LogP contribution is 2.46. The number of amides is 1. The van der Waals surface area contributed by atoms with Gasteiger partial charge in [0.1, 0.15) is 5.52 Å². The summed E-state index contributed by atoms with van der Waals surface area (Å²) in [6, 6.07) is 19.1. The second-order valence-electron chi connectivity index (χ2n) is 10.1. The maximum Gasteiger partial charge on any atom is 0.289 e. The van der Waals surface area contributed by atoms with Crippen LogP contribution in [0.2, 0.25) is 0 Å². The maximum atomic E-state index is 13.9. The number of nitrogens with one attached hydrogen (secondary N) is 1. The lowest BCUT2D eigenvalue weighted by atomic mass is 9.86. The van der Waals surface area contributed by atoms with Gasteiger partial charge in [0.05, 0.1) is 28.6 Å². The molecule has 0 spiro atoms. The third-order valence-electron chi connectivity index (χ3n) is 7.68. The summed E-state index contributed by atoms with van der Waals surface area (Å²) >= 11 is 0. The highest BCUT2D eigenvalue weighted by molar-refractivity contribution is 6.28. The number of anilines is 3. The monoisotopic (exact) mass is 518 g/mol. The van der Waals surface area contributed by atoms with Crippen LogP contribution >= 0.6 is 0 Å². The van der Waals surface area contributed by atoms with Crippen LogP contribution in [0.15, 0.2) is 75.9 Å². The van der Waals surface area contributed by atoms with E-state index in [0.29, 0.717) is 60.0 Å². The van der Waals surface area contributed by atoms with Gasteiger partial charge in [-0.05, 0) is 49.2 Å². The van der Waals surface area contributed by atoms with E-state index in [2.05, 4.69) is 33.6 Å². The molecule has 0 unspecified atom stereocenters. The second-order valence-corrected chi connectivity index (χ2v) is 10.1. The summed E-state index contributed by atoms with van der Waals surface area (Å²) in [4.78, 5) is 30.7. The van der Waals surface area contributed by atoms with E-state index in [1.165, 1.54) is 6.26 Å². The van der Waals surface area contributed by atoms with Gasteiger partial charge in [-0.2, -0.15) is 0 Å². The van der Waals surface area contributed by atoms with Crippen molar-refractivity contribution in [3.8, 4) is 11.3 Å². The van der Waals surface area contributed by atoms with Gasteiger partial charge in [0.2, 0.25) is 0 Å². The van der Waals surface area contributed by atoms with Crippen molar-refractivity contribution >= 4 is 39.7 Å². The fraction of sp³-hybridized carbons (Fsp3) is 0.194. The molecule has 8 nitrogen and oxygen atoms in total. The minimum absolute atomic E-state index is 0.0560. The number of rotatable bonds is 4. The van der Waals surface area contributed by atoms with E-state index >= 15 is 0 Å². The zero-order chi connectivity index (χ0) is 26.7. The molecule has 7 rings (SSSR count). The summed E-state index contributed by atoms with van der Waals surface area (Å²) in [6.45, 7) is 6.38. The number of ketones is 1. The Bertz CT molecular complexity index is 1760. The van der Waals surface area contributed by atoms with Crippen molar-refractivity contribution in [3.63, 3.8) is 0 Å². The van der Waals surface area contributed by atoms with Gasteiger partial charge >= 0.3 is 0 Å². The summed E-state index contributed by atoms with van der Waals surface area (Å²) in [7, 11) is 0. The van der Waals surface area contributed by atoms with E-state index in [1.54, 1.807) is 17.0 Å². The average molecular weight is 519 g/mol. The lowest BCUT2D eigenvalue weighted by Crippen LogP contribution is -2.48. The second kappa shape index (κ2) is 8.87. The van der Waals surface area contributed by atoms with Gasteiger partial charge in [-0.3, -0.25) is 9.59 Å². The van der Waals surface area contributed by atoms with Crippen molar-refractivity contribution < 1.29 is 18.5 Å². The van der Waals surface area contributed by atoms with Gasteiger partial charge in [-0.15, -0.1) is 0 Å². The van der Waals surface area contributed by atoms with Gasteiger partial charge < -0.3 is 24.1 Å². The predicted octanol–water partition coefficient (Wildman–Crippen LogP) is 5.96. The summed E-state index contributed by atoms with van der Waals surface area (Å²) < 4.78 is 11.2. The van der Waals surface area contributed by atoms with E-state index in [4.69, 9.17) is 8.94 Å². The van der Waals surface area contributed by atoms with E-state index < -0.39 is 0 Å². The summed E-state index contributed by atoms with van der Waals surface area (Å²) in [5, 5.41) is 8.77. The van der Waals surface area contributed by atoms with Crippen LogP contribution in [0.25, 0.3) is 22.2 Å². The zero-order valence-corrected chi connectivity index (χ0v) is 21.7. The third-order valence-corrected chi connectivity index (χ3v) is 7.68. The van der Waals surface area contributed by atoms with Crippen LogP contribution in [0.4, 0.5) is 17.1 Å². The Morgan fingerprint density at radius 1 is 0.923 bits per heavy atom. The van der Waals surface area contributed by atoms with Crippen LogP contribution < -0.4 is 10.2 Å². The standard InChI is InChI=1S/C31H26N4O4/c1-18-9-10-19(2)22(16-18)32-23-17-24(34-11-13-35(14-12-34)31(37)25-8-5-15-38-25)28-27-26(23)29(36)20-6-3-4-7-21(20)30(27)39-33-28/h3-10,15-17,32H,11-14H2,1-2H3. The molecular formula is C31H26N4O4. The number of carbonyl (C=O) groups excluding carboxylic acids is 2. The number of aryl methyl sites for hydroxylation is 2. The van der Waals surface area contributed by atoms with Gasteiger partial charge in [-0.25, -0.2) is 0 Å². The molecule has 1 N–H and O–H groups in total. The quantitative estimate of drug-likeness (QED) is 0.308. The fourth-order valence-corrected chi connectivity index (χ4v) is 5.60. The number of nitrogens with zero attached hydrogens (tertiary/aromatic N) is 3. The molecule has 0 saturated carbocycles. The molecule has 1 saturated heterocycles. The van der Waals surface area contributed by atoms with Gasteiger partial charge in [-0.1, -0.05) is 41.6 Å². The SMILES string of the molecule is Cc1ccc(C)c(Nc2cc(N3CCN(C(=O)c4ccco4)CC3)c3noc4c3c2C(=O)c2ccccc2-4)c1. The van der Waals surface area contributed by atoms with Crippen molar-refractivity contribution in [2.45, 2.75) is 13.8 Å². The Hall–Kier alpha value is -4.85. The lowest BCUT2D eigenvalue weighted by Gasteiger charge is -2.36. The molecule has 1 amide bonds. The van der Waals surface area contributed by atoms with E-state index in [-0.39, 0.29) is 11.7 Å². The number of carbonyl (C=O) groups is 2. The minimum Gasteiger partial charge on any atom is -0.459 e. The molecule has 3 aromatic carbocycles. The molecule has 5 aromatic rings. The fourth-order valence-electron chi connectivity index (χ4n) is 5.60. The molecule has 0 atom stereocenters. The number of fused-ring (bicyclic) bond motifs is 2. The molecular weight excluding hydrogens is 492 g/mol. The summed E-state index contributed by atoms with van der Waals surface area (Å²) in [6.07, 6.45) is 1.51. The number of piperazine rings is 1. The normalized spacial score (nSPS) is 14.6. The predicted molar refractivity (Wildman–Crippen MR) is 149 cm³/mol. The summed E-state index contributed by atoms with van der Waals surface area (Å²) in [5.74, 6) is 0.778. The molecule has 8 heteroatoms. The Morgan fingerprint density at radius 2 is 1.72 bits per heavy atom. The molecule has 1 fully saturated rings. The summed E-state index contributed by atoms with van der Waals surface area (Å²) in [5.41, 5.74) is 7.29. The highest BCUT2D eigenvalue weighted by atomic mass is 16.5. The number of furan rings is 1. The lowest BCUT2D eigenvalue weighted by molar-refractivity contribution is 0.0714. The van der Waals surface area contributed by atoms with Gasteiger partial charge in [0.15, 0.2) is 17.3 Å². The van der Waals surface area contributed by atoms with E-state index in [1.807, 2.05) is 44.2 Å². The number of hydrogen-bond donors (Lipinski definition) is 1. The highest BCUT2D eigenvalue weighted by Gasteiger charge is 2.34. The molecule has 3 heterocycles. The zero-order valence-electron chi connectivity index (χ0n) is 21.7. The average Bonchev–Trinajstić information content (AvgIpc) is 3.65. The Morgan fingerprint density at radius 3 is 2.49 bits per heavy atom. The number of benzene rings is 3. The molecule has 1 aliphatic carbocycles. The topological polar surface area (TPSA) is 91.8 Å². The molecule has 194 valence electrons. The van der Waals surface area contributed by atoms with Crippen LogP contribution in [-0.2, 0) is 0 Å². The van der Waals surface area contributed by atoms with Gasteiger partial charge in [0.25, 0.3) is 5.91 Å². The smallest absolute Gasteiger partial charge is 0.289 e. The first-order chi connectivity index (χ1) is 19.0. The Kier molecular flexibility index (Phi) is 5.30. The van der Waals surface area contributed by atoms with Crippen molar-refractivity contribution in [1.29, 1.82) is 0 Å².